The topological polar surface area (TPSA) is 66.7 Å². The molecule has 0 spiro atoms. The Bertz CT molecular complexity index is 610. The molecule has 0 radical (unpaired) electrons. The summed E-state index contributed by atoms with van der Waals surface area (Å²) >= 11 is 0. The van der Waals surface area contributed by atoms with E-state index < -0.39 is 0 Å². The highest BCUT2D eigenvalue weighted by Gasteiger charge is 2.08. The van der Waals surface area contributed by atoms with Crippen molar-refractivity contribution in [1.82, 2.24) is 19.5 Å². The number of imidazole rings is 2. The maximum Gasteiger partial charge on any atom is 0.114 e. The average Bonchev–Trinajstić information content (AvgIpc) is 2.83. The normalized spacial score (nSPS) is 11.5. The first-order chi connectivity index (χ1) is 7.40. The maximum atomic E-state index is 8.94. The number of H-pyrrole nitrogens is 1. The van der Waals surface area contributed by atoms with Crippen LogP contribution in [-0.2, 0) is 6.54 Å². The monoisotopic (exact) mass is 202 g/mol. The number of aliphatic hydroxyl groups is 1. The summed E-state index contributed by atoms with van der Waals surface area (Å²) in [7, 11) is 0. The fourth-order valence-corrected chi connectivity index (χ4v) is 1.84. The number of aliphatic hydroxyl groups excluding tert-OH is 1. The lowest BCUT2D eigenvalue weighted by Crippen LogP contribution is -2.00. The number of hydrogen-bond acceptors (Lipinski definition) is 3. The molecule has 3 aromatic rings. The van der Waals surface area contributed by atoms with Gasteiger partial charge in [0.05, 0.1) is 35.8 Å². The van der Waals surface area contributed by atoms with Crippen molar-refractivity contribution in [2.45, 2.75) is 6.54 Å². The SMILES string of the molecule is OCCn1cnc2ccc3[nH]cnc3c21. The number of rotatable bonds is 2. The molecule has 0 amide bonds. The van der Waals surface area contributed by atoms with Gasteiger partial charge in [-0.3, -0.25) is 0 Å². The molecule has 5 nitrogen and oxygen atoms in total. The van der Waals surface area contributed by atoms with Crippen LogP contribution in [0, 0.1) is 0 Å². The number of benzene rings is 1. The van der Waals surface area contributed by atoms with Crippen LogP contribution in [0.5, 0.6) is 0 Å². The van der Waals surface area contributed by atoms with Gasteiger partial charge in [0, 0.05) is 6.54 Å². The van der Waals surface area contributed by atoms with Crippen LogP contribution in [0.25, 0.3) is 22.1 Å². The summed E-state index contributed by atoms with van der Waals surface area (Å²) in [5, 5.41) is 8.94. The predicted molar refractivity (Wildman–Crippen MR) is 56.5 cm³/mol. The number of fused-ring (bicyclic) bond motifs is 3. The molecule has 0 saturated carbocycles. The van der Waals surface area contributed by atoms with Crippen LogP contribution in [0.15, 0.2) is 24.8 Å². The van der Waals surface area contributed by atoms with E-state index in [9.17, 15) is 0 Å². The third-order valence-electron chi connectivity index (χ3n) is 2.51. The van der Waals surface area contributed by atoms with Gasteiger partial charge in [-0.2, -0.15) is 0 Å². The second kappa shape index (κ2) is 3.06. The zero-order valence-electron chi connectivity index (χ0n) is 8.01. The van der Waals surface area contributed by atoms with Crippen molar-refractivity contribution < 1.29 is 5.11 Å². The smallest absolute Gasteiger partial charge is 0.114 e. The number of nitrogens with zero attached hydrogens (tertiary/aromatic N) is 3. The molecular formula is C10H10N4O. The molecule has 2 heterocycles. The van der Waals surface area contributed by atoms with Gasteiger partial charge in [0.15, 0.2) is 0 Å². The first kappa shape index (κ1) is 8.43. The van der Waals surface area contributed by atoms with Crippen LogP contribution in [-0.4, -0.2) is 31.2 Å². The van der Waals surface area contributed by atoms with Gasteiger partial charge in [-0.25, -0.2) is 9.97 Å². The summed E-state index contributed by atoms with van der Waals surface area (Å²) in [4.78, 5) is 11.6. The molecule has 0 aliphatic carbocycles. The van der Waals surface area contributed by atoms with Crippen LogP contribution in [0.1, 0.15) is 0 Å². The van der Waals surface area contributed by atoms with Gasteiger partial charge in [-0.15, -0.1) is 0 Å². The second-order valence-corrected chi connectivity index (χ2v) is 3.39. The fraction of sp³-hybridized carbons (Fsp3) is 0.200. The first-order valence-electron chi connectivity index (χ1n) is 4.78. The number of aromatic nitrogens is 4. The molecule has 0 unspecified atom stereocenters. The molecular weight excluding hydrogens is 192 g/mol. The van der Waals surface area contributed by atoms with Crippen molar-refractivity contribution in [3.8, 4) is 0 Å². The van der Waals surface area contributed by atoms with Gasteiger partial charge in [-0.1, -0.05) is 0 Å². The standard InChI is InChI=1S/C10H10N4O/c15-4-3-14-6-13-8-2-1-7-9(10(8)14)12-5-11-7/h1-2,5-6,15H,3-4H2,(H,11,12). The largest absolute Gasteiger partial charge is 0.395 e. The Morgan fingerprint density at radius 1 is 1.33 bits per heavy atom. The Morgan fingerprint density at radius 2 is 2.27 bits per heavy atom. The maximum absolute atomic E-state index is 8.94. The van der Waals surface area contributed by atoms with E-state index in [-0.39, 0.29) is 6.61 Å². The van der Waals surface area contributed by atoms with E-state index in [4.69, 9.17) is 5.11 Å². The quantitative estimate of drug-likeness (QED) is 0.649. The molecule has 3 rings (SSSR count). The Morgan fingerprint density at radius 3 is 3.13 bits per heavy atom. The molecule has 0 saturated heterocycles. The highest BCUT2D eigenvalue weighted by Crippen LogP contribution is 2.21. The number of aromatic amines is 1. The fourth-order valence-electron chi connectivity index (χ4n) is 1.84. The molecule has 0 atom stereocenters. The van der Waals surface area contributed by atoms with Crippen LogP contribution < -0.4 is 0 Å². The molecule has 15 heavy (non-hydrogen) atoms. The lowest BCUT2D eigenvalue weighted by Gasteiger charge is -2.00. The van der Waals surface area contributed by atoms with Crippen LogP contribution in [0.3, 0.4) is 0 Å². The minimum absolute atomic E-state index is 0.103. The molecule has 76 valence electrons. The third kappa shape index (κ3) is 1.13. The van der Waals surface area contributed by atoms with Crippen molar-refractivity contribution in [2.75, 3.05) is 6.61 Å². The van der Waals surface area contributed by atoms with E-state index in [1.54, 1.807) is 12.7 Å². The Kier molecular flexibility index (Phi) is 1.72. The second-order valence-electron chi connectivity index (χ2n) is 3.39. The zero-order valence-corrected chi connectivity index (χ0v) is 8.01. The van der Waals surface area contributed by atoms with E-state index in [1.807, 2.05) is 16.7 Å². The molecule has 0 aliphatic heterocycles. The van der Waals surface area contributed by atoms with Crippen LogP contribution in [0.2, 0.25) is 0 Å². The summed E-state index contributed by atoms with van der Waals surface area (Å²) in [6.07, 6.45) is 3.40. The van der Waals surface area contributed by atoms with Crippen LogP contribution in [0.4, 0.5) is 0 Å². The Balaban J connectivity index is 2.41. The molecule has 0 bridgehead atoms. The summed E-state index contributed by atoms with van der Waals surface area (Å²) in [6, 6.07) is 3.91. The number of hydrogen-bond donors (Lipinski definition) is 2. The van der Waals surface area contributed by atoms with Gasteiger partial charge in [0.25, 0.3) is 0 Å². The van der Waals surface area contributed by atoms with E-state index in [0.717, 1.165) is 22.1 Å². The molecule has 2 N–H and O–H groups in total. The van der Waals surface area contributed by atoms with Crippen molar-refractivity contribution in [2.24, 2.45) is 0 Å². The summed E-state index contributed by atoms with van der Waals surface area (Å²) in [5.41, 5.74) is 3.77. The van der Waals surface area contributed by atoms with E-state index >= 15 is 0 Å². The highest BCUT2D eigenvalue weighted by molar-refractivity contribution is 6.00. The van der Waals surface area contributed by atoms with Gasteiger partial charge in [0.2, 0.25) is 0 Å². The molecule has 0 fully saturated rings. The van der Waals surface area contributed by atoms with Gasteiger partial charge in [0.1, 0.15) is 5.52 Å². The molecule has 1 aromatic carbocycles. The Labute approximate surface area is 85.4 Å². The average molecular weight is 202 g/mol. The zero-order chi connectivity index (χ0) is 10.3. The molecule has 2 aromatic heterocycles. The van der Waals surface area contributed by atoms with Crippen molar-refractivity contribution in [3.63, 3.8) is 0 Å². The summed E-state index contributed by atoms with van der Waals surface area (Å²) < 4.78 is 1.92. The van der Waals surface area contributed by atoms with Crippen molar-refractivity contribution in [1.29, 1.82) is 0 Å². The Hall–Kier alpha value is -1.88. The predicted octanol–water partition coefficient (Wildman–Crippen LogP) is 0.905. The van der Waals surface area contributed by atoms with Crippen molar-refractivity contribution >= 4 is 22.1 Å². The minimum atomic E-state index is 0.103. The van der Waals surface area contributed by atoms with E-state index in [2.05, 4.69) is 15.0 Å². The van der Waals surface area contributed by atoms with Crippen molar-refractivity contribution in [3.05, 3.63) is 24.8 Å². The van der Waals surface area contributed by atoms with Gasteiger partial charge < -0.3 is 14.7 Å². The molecule has 0 aliphatic rings. The highest BCUT2D eigenvalue weighted by atomic mass is 16.3. The van der Waals surface area contributed by atoms with Gasteiger partial charge in [-0.05, 0) is 12.1 Å². The molecule has 5 heteroatoms. The summed E-state index contributed by atoms with van der Waals surface area (Å²) in [5.74, 6) is 0. The first-order valence-corrected chi connectivity index (χ1v) is 4.78. The van der Waals surface area contributed by atoms with E-state index in [0.29, 0.717) is 6.54 Å². The minimum Gasteiger partial charge on any atom is -0.395 e. The lowest BCUT2D eigenvalue weighted by molar-refractivity contribution is 0.278. The third-order valence-corrected chi connectivity index (χ3v) is 2.51. The number of nitrogens with one attached hydrogen (secondary N) is 1. The summed E-state index contributed by atoms with van der Waals surface area (Å²) in [6.45, 7) is 0.648. The van der Waals surface area contributed by atoms with Crippen LogP contribution >= 0.6 is 0 Å². The van der Waals surface area contributed by atoms with E-state index in [1.165, 1.54) is 0 Å². The van der Waals surface area contributed by atoms with Gasteiger partial charge >= 0.3 is 0 Å². The lowest BCUT2D eigenvalue weighted by atomic mass is 10.2.